The van der Waals surface area contributed by atoms with E-state index in [-0.39, 0.29) is 11.9 Å². The summed E-state index contributed by atoms with van der Waals surface area (Å²) in [6.45, 7) is 8.42. The molecule has 21 heavy (non-hydrogen) atoms. The van der Waals surface area contributed by atoms with Gasteiger partial charge < -0.3 is 10.0 Å². The highest BCUT2D eigenvalue weighted by molar-refractivity contribution is 7.09. The van der Waals surface area contributed by atoms with Crippen LogP contribution in [0.25, 0.3) is 0 Å². The standard InChI is InChI=1S/C17H22FNOS/c1-11(2)19(10-14-6-5-7-21-14)17-8-12(3)16(18)9-15(17)13(4)20/h5-9,11,13,20H,10H2,1-4H3/t13-/m0/s1. The largest absolute Gasteiger partial charge is 0.389 e. The number of hydrogen-bond acceptors (Lipinski definition) is 3. The number of rotatable bonds is 5. The number of nitrogens with zero attached hydrogens (tertiary/aromatic N) is 1. The van der Waals surface area contributed by atoms with Gasteiger partial charge in [-0.15, -0.1) is 11.3 Å². The van der Waals surface area contributed by atoms with Crippen molar-refractivity contribution in [3.05, 3.63) is 51.5 Å². The van der Waals surface area contributed by atoms with E-state index in [1.165, 1.54) is 10.9 Å². The minimum atomic E-state index is -0.695. The van der Waals surface area contributed by atoms with Crippen LogP contribution in [0.1, 0.15) is 42.9 Å². The van der Waals surface area contributed by atoms with E-state index in [2.05, 4.69) is 30.2 Å². The molecular formula is C17H22FNOS. The molecule has 0 aliphatic heterocycles. The van der Waals surface area contributed by atoms with Gasteiger partial charge in [0.05, 0.1) is 12.6 Å². The van der Waals surface area contributed by atoms with Crippen LogP contribution in [-0.4, -0.2) is 11.1 Å². The highest BCUT2D eigenvalue weighted by Gasteiger charge is 2.19. The van der Waals surface area contributed by atoms with Crippen LogP contribution in [0, 0.1) is 12.7 Å². The van der Waals surface area contributed by atoms with E-state index in [1.807, 2.05) is 12.1 Å². The van der Waals surface area contributed by atoms with Crippen molar-refractivity contribution in [2.45, 2.75) is 46.4 Å². The minimum Gasteiger partial charge on any atom is -0.389 e. The zero-order chi connectivity index (χ0) is 15.6. The zero-order valence-electron chi connectivity index (χ0n) is 12.9. The topological polar surface area (TPSA) is 23.5 Å². The molecular weight excluding hydrogens is 285 g/mol. The number of halogens is 1. The van der Waals surface area contributed by atoms with Gasteiger partial charge >= 0.3 is 0 Å². The molecule has 0 bridgehead atoms. The van der Waals surface area contributed by atoms with E-state index in [4.69, 9.17) is 0 Å². The number of thiophene rings is 1. The highest BCUT2D eigenvalue weighted by Crippen LogP contribution is 2.32. The molecule has 1 atom stereocenters. The molecule has 0 amide bonds. The maximum absolute atomic E-state index is 13.8. The molecule has 0 unspecified atom stereocenters. The maximum atomic E-state index is 13.8. The molecule has 1 N–H and O–H groups in total. The first-order chi connectivity index (χ1) is 9.90. The fourth-order valence-corrected chi connectivity index (χ4v) is 3.08. The Labute approximate surface area is 129 Å². The fourth-order valence-electron chi connectivity index (χ4n) is 2.38. The second-order valence-electron chi connectivity index (χ2n) is 5.64. The Morgan fingerprint density at radius 2 is 2.00 bits per heavy atom. The molecule has 2 aromatic rings. The molecule has 1 aromatic heterocycles. The van der Waals surface area contributed by atoms with E-state index < -0.39 is 6.10 Å². The summed E-state index contributed by atoms with van der Waals surface area (Å²) in [6, 6.07) is 7.68. The molecule has 0 spiro atoms. The Bertz CT molecular complexity index is 593. The van der Waals surface area contributed by atoms with Gasteiger partial charge in [-0.3, -0.25) is 0 Å². The lowest BCUT2D eigenvalue weighted by Gasteiger charge is -2.31. The minimum absolute atomic E-state index is 0.259. The average Bonchev–Trinajstić information content (AvgIpc) is 2.91. The van der Waals surface area contributed by atoms with Crippen LogP contribution in [0.3, 0.4) is 0 Å². The molecule has 4 heteroatoms. The van der Waals surface area contributed by atoms with E-state index in [0.717, 1.165) is 12.2 Å². The molecule has 0 aliphatic carbocycles. The lowest BCUT2D eigenvalue weighted by molar-refractivity contribution is 0.199. The van der Waals surface area contributed by atoms with Crippen molar-refractivity contribution in [3.63, 3.8) is 0 Å². The van der Waals surface area contributed by atoms with Crippen LogP contribution in [0.2, 0.25) is 0 Å². The van der Waals surface area contributed by atoms with Crippen LogP contribution >= 0.6 is 11.3 Å². The molecule has 114 valence electrons. The molecule has 1 heterocycles. The monoisotopic (exact) mass is 307 g/mol. The molecule has 0 fully saturated rings. The van der Waals surface area contributed by atoms with E-state index in [9.17, 15) is 9.50 Å². The summed E-state index contributed by atoms with van der Waals surface area (Å²) in [7, 11) is 0. The molecule has 2 rings (SSSR count). The summed E-state index contributed by atoms with van der Waals surface area (Å²) in [5.74, 6) is -0.269. The van der Waals surface area contributed by atoms with Crippen molar-refractivity contribution < 1.29 is 9.50 Å². The second kappa shape index (κ2) is 6.58. The van der Waals surface area contributed by atoms with Crippen LogP contribution in [0.15, 0.2) is 29.6 Å². The number of anilines is 1. The van der Waals surface area contributed by atoms with Gasteiger partial charge in [0.1, 0.15) is 5.82 Å². The molecule has 0 saturated heterocycles. The first-order valence-electron chi connectivity index (χ1n) is 7.17. The third-order valence-electron chi connectivity index (χ3n) is 3.60. The summed E-state index contributed by atoms with van der Waals surface area (Å²) in [4.78, 5) is 3.46. The molecule has 0 saturated carbocycles. The summed E-state index contributed by atoms with van der Waals surface area (Å²) in [5.41, 5.74) is 2.15. The highest BCUT2D eigenvalue weighted by atomic mass is 32.1. The van der Waals surface area contributed by atoms with Gasteiger partial charge in [-0.25, -0.2) is 4.39 Å². The van der Waals surface area contributed by atoms with Gasteiger partial charge in [0.2, 0.25) is 0 Å². The van der Waals surface area contributed by atoms with Crippen molar-refractivity contribution in [3.8, 4) is 0 Å². The number of hydrogen-bond donors (Lipinski definition) is 1. The predicted molar refractivity (Wildman–Crippen MR) is 87.4 cm³/mol. The summed E-state index contributed by atoms with van der Waals surface area (Å²) >= 11 is 1.71. The van der Waals surface area contributed by atoms with Gasteiger partial charge in [0, 0.05) is 22.2 Å². The SMILES string of the molecule is Cc1cc(N(Cc2cccs2)C(C)C)c([C@H](C)O)cc1F. The smallest absolute Gasteiger partial charge is 0.126 e. The summed E-state index contributed by atoms with van der Waals surface area (Å²) < 4.78 is 13.8. The lowest BCUT2D eigenvalue weighted by atomic mass is 10.0. The van der Waals surface area contributed by atoms with Crippen LogP contribution in [-0.2, 0) is 6.54 Å². The van der Waals surface area contributed by atoms with E-state index in [0.29, 0.717) is 11.1 Å². The van der Waals surface area contributed by atoms with Crippen molar-refractivity contribution in [1.29, 1.82) is 0 Å². The first-order valence-corrected chi connectivity index (χ1v) is 8.05. The number of aliphatic hydroxyl groups is 1. The van der Waals surface area contributed by atoms with Crippen LogP contribution in [0.5, 0.6) is 0 Å². The fraction of sp³-hybridized carbons (Fsp3) is 0.412. The average molecular weight is 307 g/mol. The van der Waals surface area contributed by atoms with Crippen molar-refractivity contribution in [2.75, 3.05) is 4.90 Å². The molecule has 2 nitrogen and oxygen atoms in total. The molecule has 0 radical (unpaired) electrons. The third-order valence-corrected chi connectivity index (χ3v) is 4.46. The Balaban J connectivity index is 2.46. The summed E-state index contributed by atoms with van der Waals surface area (Å²) in [6.07, 6.45) is -0.695. The summed E-state index contributed by atoms with van der Waals surface area (Å²) in [5, 5.41) is 12.0. The normalized spacial score (nSPS) is 12.7. The van der Waals surface area contributed by atoms with Gasteiger partial charge in [-0.2, -0.15) is 0 Å². The first kappa shape index (κ1) is 16.0. The lowest BCUT2D eigenvalue weighted by Crippen LogP contribution is -2.31. The van der Waals surface area contributed by atoms with E-state index in [1.54, 1.807) is 25.2 Å². The predicted octanol–water partition coefficient (Wildman–Crippen LogP) is 4.66. The van der Waals surface area contributed by atoms with Gasteiger partial charge in [0.25, 0.3) is 0 Å². The quantitative estimate of drug-likeness (QED) is 0.868. The van der Waals surface area contributed by atoms with Gasteiger partial charge in [-0.05, 0) is 56.8 Å². The van der Waals surface area contributed by atoms with Crippen molar-refractivity contribution in [2.24, 2.45) is 0 Å². The van der Waals surface area contributed by atoms with Crippen LogP contribution in [0.4, 0.5) is 10.1 Å². The Morgan fingerprint density at radius 1 is 1.29 bits per heavy atom. The van der Waals surface area contributed by atoms with Gasteiger partial charge in [0.15, 0.2) is 0 Å². The second-order valence-corrected chi connectivity index (χ2v) is 6.67. The number of aliphatic hydroxyl groups excluding tert-OH is 1. The zero-order valence-corrected chi connectivity index (χ0v) is 13.7. The molecule has 1 aromatic carbocycles. The van der Waals surface area contributed by atoms with E-state index >= 15 is 0 Å². The molecule has 0 aliphatic rings. The Morgan fingerprint density at radius 3 is 2.52 bits per heavy atom. The Hall–Kier alpha value is -1.39. The maximum Gasteiger partial charge on any atom is 0.126 e. The van der Waals surface area contributed by atoms with Crippen LogP contribution < -0.4 is 4.90 Å². The number of benzene rings is 1. The van der Waals surface area contributed by atoms with Gasteiger partial charge in [-0.1, -0.05) is 6.07 Å². The van der Waals surface area contributed by atoms with Crippen molar-refractivity contribution in [1.82, 2.24) is 0 Å². The Kier molecular flexibility index (Phi) is 5.01. The third kappa shape index (κ3) is 3.63. The number of aryl methyl sites for hydroxylation is 1. The van der Waals surface area contributed by atoms with Crippen molar-refractivity contribution >= 4 is 17.0 Å².